The van der Waals surface area contributed by atoms with Crippen LogP contribution in [0.2, 0.25) is 0 Å². The lowest BCUT2D eigenvalue weighted by Crippen LogP contribution is -2.51. The predicted octanol–water partition coefficient (Wildman–Crippen LogP) is 0.691. The van der Waals surface area contributed by atoms with Gasteiger partial charge in [0.25, 0.3) is 0 Å². The molecule has 1 aromatic carbocycles. The average Bonchev–Trinajstić information content (AvgIpc) is 2.48. The van der Waals surface area contributed by atoms with Crippen LogP contribution in [0.15, 0.2) is 24.3 Å². The minimum atomic E-state index is -0.220. The van der Waals surface area contributed by atoms with Crippen LogP contribution in [0.4, 0.5) is 5.69 Å². The number of anilines is 1. The van der Waals surface area contributed by atoms with Crippen LogP contribution in [0.5, 0.6) is 0 Å². The maximum Gasteiger partial charge on any atom is 0.246 e. The van der Waals surface area contributed by atoms with Crippen molar-refractivity contribution in [3.63, 3.8) is 0 Å². The summed E-state index contributed by atoms with van der Waals surface area (Å²) in [4.78, 5) is 25.0. The van der Waals surface area contributed by atoms with Gasteiger partial charge < -0.3 is 10.2 Å². The van der Waals surface area contributed by atoms with Crippen LogP contribution >= 0.6 is 0 Å². The Morgan fingerprint density at radius 3 is 2.43 bits per heavy atom. The zero-order valence-electron chi connectivity index (χ0n) is 12.1. The summed E-state index contributed by atoms with van der Waals surface area (Å²) in [6.45, 7) is 2.68. The Balaban J connectivity index is 1.78. The van der Waals surface area contributed by atoms with Crippen LogP contribution < -0.4 is 15.5 Å². The van der Waals surface area contributed by atoms with Gasteiger partial charge in [0.1, 0.15) is 0 Å². The summed E-state index contributed by atoms with van der Waals surface area (Å²) in [5, 5.41) is 5.73. The van der Waals surface area contributed by atoms with Crippen molar-refractivity contribution < 1.29 is 9.59 Å². The summed E-state index contributed by atoms with van der Waals surface area (Å²) < 4.78 is 0. The lowest BCUT2D eigenvalue weighted by molar-refractivity contribution is -0.130. The van der Waals surface area contributed by atoms with E-state index in [-0.39, 0.29) is 24.9 Å². The number of piperidine rings is 1. The van der Waals surface area contributed by atoms with E-state index in [0.29, 0.717) is 5.92 Å². The molecule has 0 atom stereocenters. The Morgan fingerprint density at radius 1 is 1.05 bits per heavy atom. The smallest absolute Gasteiger partial charge is 0.246 e. The maximum absolute atomic E-state index is 11.6. The van der Waals surface area contributed by atoms with E-state index in [1.165, 1.54) is 18.4 Å². The number of carbonyl (C=O) groups excluding carboxylic acids is 2. The van der Waals surface area contributed by atoms with Crippen LogP contribution in [-0.4, -0.2) is 38.0 Å². The molecule has 5 heteroatoms. The van der Waals surface area contributed by atoms with Gasteiger partial charge in [-0.25, -0.2) is 0 Å². The maximum atomic E-state index is 11.6. The summed E-state index contributed by atoms with van der Waals surface area (Å²) in [5.74, 6) is 0.243. The summed E-state index contributed by atoms with van der Waals surface area (Å²) in [7, 11) is 0. The van der Waals surface area contributed by atoms with Gasteiger partial charge in [0.15, 0.2) is 0 Å². The summed E-state index contributed by atoms with van der Waals surface area (Å²) in [5.41, 5.74) is 2.27. The molecule has 21 heavy (non-hydrogen) atoms. The molecule has 0 radical (unpaired) electrons. The Morgan fingerprint density at radius 2 is 1.71 bits per heavy atom. The molecule has 0 bridgehead atoms. The van der Waals surface area contributed by atoms with Gasteiger partial charge in [-0.15, -0.1) is 0 Å². The third kappa shape index (κ3) is 3.42. The molecule has 2 heterocycles. The summed E-state index contributed by atoms with van der Waals surface area (Å²) >= 11 is 0. The van der Waals surface area contributed by atoms with Crippen molar-refractivity contribution in [1.82, 2.24) is 10.6 Å². The molecule has 0 spiro atoms. The molecule has 0 unspecified atom stereocenters. The number of carbonyl (C=O) groups is 2. The Hall–Kier alpha value is -1.88. The third-order valence-corrected chi connectivity index (χ3v) is 4.25. The van der Waals surface area contributed by atoms with E-state index < -0.39 is 0 Å². The van der Waals surface area contributed by atoms with E-state index in [4.69, 9.17) is 0 Å². The van der Waals surface area contributed by atoms with Crippen LogP contribution in [0.25, 0.3) is 0 Å². The van der Waals surface area contributed by atoms with Crippen molar-refractivity contribution in [1.29, 1.82) is 0 Å². The first-order valence-corrected chi connectivity index (χ1v) is 7.58. The quantitative estimate of drug-likeness (QED) is 0.803. The molecule has 0 aliphatic carbocycles. The molecular weight excluding hydrogens is 266 g/mol. The fourth-order valence-electron chi connectivity index (χ4n) is 3.20. The fraction of sp³-hybridized carbons (Fsp3) is 0.500. The summed E-state index contributed by atoms with van der Waals surface area (Å²) in [6, 6.07) is 8.14. The van der Waals surface area contributed by atoms with E-state index in [0.717, 1.165) is 25.2 Å². The zero-order chi connectivity index (χ0) is 14.7. The van der Waals surface area contributed by atoms with Crippen molar-refractivity contribution in [2.24, 2.45) is 5.92 Å². The number of rotatable bonds is 3. The highest BCUT2D eigenvalue weighted by molar-refractivity contribution is 6.02. The fourth-order valence-corrected chi connectivity index (χ4v) is 3.20. The highest BCUT2D eigenvalue weighted by Crippen LogP contribution is 2.26. The van der Waals surface area contributed by atoms with Crippen molar-refractivity contribution in [3.8, 4) is 0 Å². The topological polar surface area (TPSA) is 61.4 Å². The van der Waals surface area contributed by atoms with Gasteiger partial charge in [0.2, 0.25) is 11.8 Å². The standard InChI is InChI=1S/C16H21N3O2/c20-15-10-19(11-16(21)18-15)14-4-2-1-3-13(14)9-12-5-7-17-8-6-12/h1-4,12,17H,5-11H2,(H,18,20,21). The minimum absolute atomic E-state index is 0.220. The van der Waals surface area contributed by atoms with Crippen LogP contribution in [0.3, 0.4) is 0 Å². The lowest BCUT2D eigenvalue weighted by atomic mass is 9.90. The summed E-state index contributed by atoms with van der Waals surface area (Å²) in [6.07, 6.45) is 3.39. The monoisotopic (exact) mass is 287 g/mol. The Bertz CT molecular complexity index is 522. The highest BCUT2D eigenvalue weighted by Gasteiger charge is 2.25. The number of para-hydroxylation sites is 1. The molecule has 0 aromatic heterocycles. The number of hydrogen-bond donors (Lipinski definition) is 2. The largest absolute Gasteiger partial charge is 0.353 e. The van der Waals surface area contributed by atoms with Crippen molar-refractivity contribution in [2.75, 3.05) is 31.1 Å². The molecule has 2 saturated heterocycles. The molecule has 2 aliphatic heterocycles. The molecule has 3 rings (SSSR count). The van der Waals surface area contributed by atoms with Crippen LogP contribution in [0.1, 0.15) is 18.4 Å². The molecule has 2 amide bonds. The van der Waals surface area contributed by atoms with Gasteiger partial charge in [-0.3, -0.25) is 14.9 Å². The lowest BCUT2D eigenvalue weighted by Gasteiger charge is -2.30. The van der Waals surface area contributed by atoms with Gasteiger partial charge in [0.05, 0.1) is 13.1 Å². The van der Waals surface area contributed by atoms with Gasteiger partial charge in [0, 0.05) is 5.69 Å². The van der Waals surface area contributed by atoms with E-state index >= 15 is 0 Å². The molecule has 2 aliphatic rings. The van der Waals surface area contributed by atoms with Crippen LogP contribution in [-0.2, 0) is 16.0 Å². The van der Waals surface area contributed by atoms with Crippen molar-refractivity contribution in [3.05, 3.63) is 29.8 Å². The minimum Gasteiger partial charge on any atom is -0.353 e. The molecule has 5 nitrogen and oxygen atoms in total. The second-order valence-corrected chi connectivity index (χ2v) is 5.85. The van der Waals surface area contributed by atoms with E-state index in [1.54, 1.807) is 0 Å². The molecule has 2 fully saturated rings. The first-order chi connectivity index (χ1) is 10.2. The first kappa shape index (κ1) is 14.1. The van der Waals surface area contributed by atoms with Crippen molar-refractivity contribution >= 4 is 17.5 Å². The highest BCUT2D eigenvalue weighted by atomic mass is 16.2. The SMILES string of the molecule is O=C1CN(c2ccccc2CC2CCNCC2)CC(=O)N1. The Kier molecular flexibility index (Phi) is 4.20. The Labute approximate surface area is 124 Å². The number of benzene rings is 1. The molecule has 112 valence electrons. The van der Waals surface area contributed by atoms with E-state index in [9.17, 15) is 9.59 Å². The first-order valence-electron chi connectivity index (χ1n) is 7.58. The van der Waals surface area contributed by atoms with Crippen molar-refractivity contribution in [2.45, 2.75) is 19.3 Å². The average molecular weight is 287 g/mol. The van der Waals surface area contributed by atoms with E-state index in [1.807, 2.05) is 23.1 Å². The predicted molar refractivity (Wildman–Crippen MR) is 81.1 cm³/mol. The number of piperazine rings is 1. The van der Waals surface area contributed by atoms with Crippen LogP contribution in [0, 0.1) is 5.92 Å². The van der Waals surface area contributed by atoms with E-state index in [2.05, 4.69) is 16.7 Å². The molecule has 0 saturated carbocycles. The number of imide groups is 1. The second kappa shape index (κ2) is 6.26. The molecule has 2 N–H and O–H groups in total. The van der Waals surface area contributed by atoms with Gasteiger partial charge in [-0.1, -0.05) is 18.2 Å². The number of nitrogens with zero attached hydrogens (tertiary/aromatic N) is 1. The second-order valence-electron chi connectivity index (χ2n) is 5.85. The van der Waals surface area contributed by atoms with Gasteiger partial charge >= 0.3 is 0 Å². The molecule has 1 aromatic rings. The number of hydrogen-bond acceptors (Lipinski definition) is 4. The zero-order valence-corrected chi connectivity index (χ0v) is 12.1. The molecular formula is C16H21N3O2. The number of nitrogens with one attached hydrogen (secondary N) is 2. The number of amides is 2. The van der Waals surface area contributed by atoms with Gasteiger partial charge in [-0.2, -0.15) is 0 Å². The normalized spacial score (nSPS) is 20.5. The van der Waals surface area contributed by atoms with Gasteiger partial charge in [-0.05, 0) is 49.9 Å². The third-order valence-electron chi connectivity index (χ3n) is 4.25.